The van der Waals surface area contributed by atoms with Crippen molar-refractivity contribution < 1.29 is 0 Å². The lowest BCUT2D eigenvalue weighted by Crippen LogP contribution is -2.23. The maximum atomic E-state index is 12.3. The molecule has 0 aliphatic heterocycles. The lowest BCUT2D eigenvalue weighted by molar-refractivity contribution is 0.650. The van der Waals surface area contributed by atoms with Crippen molar-refractivity contribution in [2.24, 2.45) is 0 Å². The fraction of sp³-hybridized carbons (Fsp3) is 0.421. The van der Waals surface area contributed by atoms with E-state index in [1.807, 2.05) is 24.6 Å². The van der Waals surface area contributed by atoms with Crippen LogP contribution in [0.2, 0.25) is 0 Å². The molecule has 0 spiro atoms. The van der Waals surface area contributed by atoms with Gasteiger partial charge in [0.1, 0.15) is 0 Å². The van der Waals surface area contributed by atoms with Gasteiger partial charge in [0, 0.05) is 23.9 Å². The average molecular weight is 283 g/mol. The number of hydrogen-bond acceptors (Lipinski definition) is 1. The molecule has 0 radical (unpaired) electrons. The summed E-state index contributed by atoms with van der Waals surface area (Å²) in [6.45, 7) is 11.2. The van der Waals surface area contributed by atoms with E-state index in [1.165, 1.54) is 11.1 Å². The fourth-order valence-corrected chi connectivity index (χ4v) is 2.63. The van der Waals surface area contributed by atoms with E-state index in [4.69, 9.17) is 0 Å². The number of hydrogen-bond donors (Lipinski definition) is 0. The Kier molecular flexibility index (Phi) is 4.66. The number of aromatic nitrogens is 1. The predicted octanol–water partition coefficient (Wildman–Crippen LogP) is 4.67. The Hall–Kier alpha value is -1.83. The molecule has 1 aromatic carbocycles. The number of benzene rings is 1. The van der Waals surface area contributed by atoms with Crippen LogP contribution >= 0.6 is 0 Å². The van der Waals surface area contributed by atoms with Crippen LogP contribution in [0.1, 0.15) is 49.8 Å². The molecule has 112 valence electrons. The van der Waals surface area contributed by atoms with Gasteiger partial charge >= 0.3 is 0 Å². The molecule has 1 aromatic heterocycles. The number of rotatable bonds is 4. The summed E-state index contributed by atoms with van der Waals surface area (Å²) in [5.74, 6) is 0.538. The first-order valence-corrected chi connectivity index (χ1v) is 7.76. The molecular weight excluding hydrogens is 258 g/mol. The molecule has 0 N–H and O–H groups in total. The van der Waals surface area contributed by atoms with Crippen LogP contribution in [-0.2, 0) is 6.54 Å². The maximum Gasteiger partial charge on any atom is 0.253 e. The summed E-state index contributed by atoms with van der Waals surface area (Å²) in [4.78, 5) is 12.3. The van der Waals surface area contributed by atoms with Crippen LogP contribution in [0.25, 0.3) is 11.1 Å². The van der Waals surface area contributed by atoms with Crippen molar-refractivity contribution in [3.8, 4) is 11.1 Å². The first kappa shape index (κ1) is 15.6. The third kappa shape index (κ3) is 3.10. The van der Waals surface area contributed by atoms with E-state index in [0.29, 0.717) is 5.92 Å². The second-order valence-corrected chi connectivity index (χ2v) is 6.07. The van der Waals surface area contributed by atoms with E-state index in [2.05, 4.69) is 45.0 Å². The van der Waals surface area contributed by atoms with E-state index in [-0.39, 0.29) is 5.56 Å². The van der Waals surface area contributed by atoms with Crippen molar-refractivity contribution in [3.05, 3.63) is 57.5 Å². The molecule has 0 fully saturated rings. The van der Waals surface area contributed by atoms with Crippen molar-refractivity contribution in [2.75, 3.05) is 0 Å². The van der Waals surface area contributed by atoms with Crippen molar-refractivity contribution >= 4 is 0 Å². The van der Waals surface area contributed by atoms with E-state index in [9.17, 15) is 4.79 Å². The van der Waals surface area contributed by atoms with Crippen LogP contribution in [-0.4, -0.2) is 4.57 Å². The first-order chi connectivity index (χ1) is 9.95. The molecule has 21 heavy (non-hydrogen) atoms. The summed E-state index contributed by atoms with van der Waals surface area (Å²) in [5.41, 5.74) is 5.77. The second-order valence-electron chi connectivity index (χ2n) is 6.07. The molecule has 0 aliphatic rings. The Morgan fingerprint density at radius 1 is 1.05 bits per heavy atom. The van der Waals surface area contributed by atoms with Crippen LogP contribution in [0.4, 0.5) is 0 Å². The van der Waals surface area contributed by atoms with Gasteiger partial charge in [0.05, 0.1) is 0 Å². The molecule has 2 nitrogen and oxygen atoms in total. The Balaban J connectivity index is 2.55. The molecule has 0 aliphatic carbocycles. The third-order valence-electron chi connectivity index (χ3n) is 4.19. The molecule has 0 saturated carbocycles. The van der Waals surface area contributed by atoms with Gasteiger partial charge in [-0.05, 0) is 42.9 Å². The Morgan fingerprint density at radius 3 is 2.19 bits per heavy atom. The Morgan fingerprint density at radius 2 is 1.67 bits per heavy atom. The van der Waals surface area contributed by atoms with Crippen LogP contribution < -0.4 is 5.56 Å². The zero-order valence-electron chi connectivity index (χ0n) is 13.7. The molecule has 2 rings (SSSR count). The minimum absolute atomic E-state index is 0.136. The van der Waals surface area contributed by atoms with Gasteiger partial charge in [-0.2, -0.15) is 0 Å². The highest BCUT2D eigenvalue weighted by atomic mass is 16.1. The SMILES string of the molecule is CCCn1cc(-c2ccc(C(C)C)cc2)c(C)c(C)c1=O. The monoisotopic (exact) mass is 283 g/mol. The molecule has 0 saturated heterocycles. The molecule has 0 amide bonds. The first-order valence-electron chi connectivity index (χ1n) is 7.76. The predicted molar refractivity (Wildman–Crippen MR) is 90.0 cm³/mol. The summed E-state index contributed by atoms with van der Waals surface area (Å²) in [6.07, 6.45) is 2.98. The van der Waals surface area contributed by atoms with Crippen molar-refractivity contribution in [1.82, 2.24) is 4.57 Å². The second kappa shape index (κ2) is 6.30. The minimum Gasteiger partial charge on any atom is -0.315 e. The van der Waals surface area contributed by atoms with Gasteiger partial charge in [0.15, 0.2) is 0 Å². The Bertz CT molecular complexity index is 678. The fourth-order valence-electron chi connectivity index (χ4n) is 2.63. The number of pyridine rings is 1. The highest BCUT2D eigenvalue weighted by Crippen LogP contribution is 2.26. The van der Waals surface area contributed by atoms with Gasteiger partial charge in [-0.25, -0.2) is 0 Å². The topological polar surface area (TPSA) is 22.0 Å². The van der Waals surface area contributed by atoms with Gasteiger partial charge in [-0.1, -0.05) is 45.0 Å². The zero-order valence-corrected chi connectivity index (χ0v) is 13.7. The summed E-state index contributed by atoms with van der Waals surface area (Å²) in [6, 6.07) is 8.70. The van der Waals surface area contributed by atoms with Gasteiger partial charge in [0.2, 0.25) is 0 Å². The maximum absolute atomic E-state index is 12.3. The molecule has 2 heteroatoms. The molecule has 0 bridgehead atoms. The number of nitrogens with zero attached hydrogens (tertiary/aromatic N) is 1. The standard InChI is InChI=1S/C19H25NO/c1-6-11-20-12-18(14(4)15(5)19(20)21)17-9-7-16(8-10-17)13(2)3/h7-10,12-13H,6,11H2,1-5H3. The van der Waals surface area contributed by atoms with E-state index < -0.39 is 0 Å². The van der Waals surface area contributed by atoms with Crippen LogP contribution in [0, 0.1) is 13.8 Å². The summed E-state index contributed by atoms with van der Waals surface area (Å²) in [5, 5.41) is 0. The summed E-state index contributed by atoms with van der Waals surface area (Å²) < 4.78 is 1.84. The number of aryl methyl sites for hydroxylation is 1. The Labute approximate surface area is 127 Å². The van der Waals surface area contributed by atoms with E-state index >= 15 is 0 Å². The quantitative estimate of drug-likeness (QED) is 0.799. The van der Waals surface area contributed by atoms with E-state index in [0.717, 1.165) is 29.7 Å². The van der Waals surface area contributed by atoms with Crippen LogP contribution in [0.15, 0.2) is 35.3 Å². The van der Waals surface area contributed by atoms with Crippen molar-refractivity contribution in [3.63, 3.8) is 0 Å². The largest absolute Gasteiger partial charge is 0.315 e. The van der Waals surface area contributed by atoms with Gasteiger partial charge in [-0.15, -0.1) is 0 Å². The molecule has 0 atom stereocenters. The molecule has 2 aromatic rings. The molecule has 0 unspecified atom stereocenters. The smallest absolute Gasteiger partial charge is 0.253 e. The normalized spacial score (nSPS) is 11.1. The van der Waals surface area contributed by atoms with Gasteiger partial charge in [0.25, 0.3) is 5.56 Å². The van der Waals surface area contributed by atoms with E-state index in [1.54, 1.807) is 0 Å². The summed E-state index contributed by atoms with van der Waals surface area (Å²) in [7, 11) is 0. The molecule has 1 heterocycles. The lowest BCUT2D eigenvalue weighted by Gasteiger charge is -2.14. The highest BCUT2D eigenvalue weighted by Gasteiger charge is 2.10. The summed E-state index contributed by atoms with van der Waals surface area (Å²) >= 11 is 0. The van der Waals surface area contributed by atoms with Gasteiger partial charge in [-0.3, -0.25) is 4.79 Å². The lowest BCUT2D eigenvalue weighted by atomic mass is 9.96. The van der Waals surface area contributed by atoms with Crippen molar-refractivity contribution in [1.29, 1.82) is 0 Å². The zero-order chi connectivity index (χ0) is 15.6. The average Bonchev–Trinajstić information content (AvgIpc) is 2.48. The van der Waals surface area contributed by atoms with Gasteiger partial charge < -0.3 is 4.57 Å². The molecular formula is C19H25NO. The van der Waals surface area contributed by atoms with Crippen LogP contribution in [0.5, 0.6) is 0 Å². The van der Waals surface area contributed by atoms with Crippen LogP contribution in [0.3, 0.4) is 0 Å². The van der Waals surface area contributed by atoms with Crippen molar-refractivity contribution in [2.45, 2.75) is 53.5 Å². The third-order valence-corrected chi connectivity index (χ3v) is 4.19. The minimum atomic E-state index is 0.136. The highest BCUT2D eigenvalue weighted by molar-refractivity contribution is 5.67.